The third-order valence-corrected chi connectivity index (χ3v) is 5.15. The second-order valence-electron chi connectivity index (χ2n) is 7.21. The Hall–Kier alpha value is -3.48. The number of anilines is 1. The summed E-state index contributed by atoms with van der Waals surface area (Å²) in [4.78, 5) is 33.6. The fourth-order valence-corrected chi connectivity index (χ4v) is 3.26. The maximum atomic E-state index is 14.5. The Morgan fingerprint density at radius 3 is 2.45 bits per heavy atom. The van der Waals surface area contributed by atoms with Crippen LogP contribution in [0.5, 0.6) is 0 Å². The average molecular weight is 423 g/mol. The molecule has 1 aromatic carbocycles. The van der Waals surface area contributed by atoms with Gasteiger partial charge in [0, 0.05) is 42.9 Å². The standard InChI is InChI=1S/C24H23F2N3O2/c1-4-24(31)29(3)21-10-6-17(13-19(21)25)20-9-5-18(14-27-20)22(30)11-7-16-8-12-23(26)28-15(16)2/h5-6,8-10,12-14H,4,7,11H2,1-3H3. The molecule has 7 heteroatoms. The number of nitrogens with zero attached hydrogens (tertiary/aromatic N) is 3. The maximum Gasteiger partial charge on any atom is 0.226 e. The molecule has 0 N–H and O–H groups in total. The lowest BCUT2D eigenvalue weighted by Gasteiger charge is -2.17. The van der Waals surface area contributed by atoms with Gasteiger partial charge in [0.1, 0.15) is 5.82 Å². The zero-order chi connectivity index (χ0) is 22.5. The van der Waals surface area contributed by atoms with E-state index in [-0.39, 0.29) is 30.2 Å². The van der Waals surface area contributed by atoms with Gasteiger partial charge in [-0.3, -0.25) is 14.6 Å². The Morgan fingerprint density at radius 2 is 1.84 bits per heavy atom. The van der Waals surface area contributed by atoms with Gasteiger partial charge in [0.25, 0.3) is 0 Å². The summed E-state index contributed by atoms with van der Waals surface area (Å²) in [6.45, 7) is 3.43. The molecular weight excluding hydrogens is 400 g/mol. The van der Waals surface area contributed by atoms with Crippen molar-refractivity contribution in [1.82, 2.24) is 9.97 Å². The molecule has 0 aliphatic rings. The van der Waals surface area contributed by atoms with Crippen molar-refractivity contribution in [2.24, 2.45) is 0 Å². The van der Waals surface area contributed by atoms with Crippen LogP contribution in [0.1, 0.15) is 41.4 Å². The molecule has 0 saturated heterocycles. The number of halogens is 2. The topological polar surface area (TPSA) is 63.2 Å². The van der Waals surface area contributed by atoms with Gasteiger partial charge >= 0.3 is 0 Å². The minimum atomic E-state index is -0.541. The number of hydrogen-bond donors (Lipinski definition) is 0. The molecule has 0 fully saturated rings. The van der Waals surface area contributed by atoms with Crippen molar-refractivity contribution in [3.8, 4) is 11.3 Å². The molecule has 2 aromatic heterocycles. The summed E-state index contributed by atoms with van der Waals surface area (Å²) in [5.41, 5.74) is 3.10. The van der Waals surface area contributed by atoms with E-state index < -0.39 is 11.8 Å². The highest BCUT2D eigenvalue weighted by atomic mass is 19.1. The van der Waals surface area contributed by atoms with Crippen molar-refractivity contribution in [2.75, 3.05) is 11.9 Å². The molecule has 3 rings (SSSR count). The smallest absolute Gasteiger partial charge is 0.226 e. The molecule has 0 atom stereocenters. The number of hydrogen-bond acceptors (Lipinski definition) is 4. The average Bonchev–Trinajstić information content (AvgIpc) is 2.77. The number of aryl methyl sites for hydroxylation is 2. The minimum Gasteiger partial charge on any atom is -0.313 e. The van der Waals surface area contributed by atoms with E-state index in [4.69, 9.17) is 0 Å². The fraction of sp³-hybridized carbons (Fsp3) is 0.250. The van der Waals surface area contributed by atoms with E-state index in [1.807, 2.05) is 0 Å². The highest BCUT2D eigenvalue weighted by Gasteiger charge is 2.15. The number of aromatic nitrogens is 2. The Labute approximate surface area is 179 Å². The van der Waals surface area contributed by atoms with Crippen LogP contribution in [0.4, 0.5) is 14.5 Å². The number of pyridine rings is 2. The summed E-state index contributed by atoms with van der Waals surface area (Å²) in [7, 11) is 1.53. The quantitative estimate of drug-likeness (QED) is 0.400. The first kappa shape index (κ1) is 22.2. The van der Waals surface area contributed by atoms with Gasteiger partial charge in [-0.15, -0.1) is 0 Å². The van der Waals surface area contributed by atoms with Gasteiger partial charge in [0.2, 0.25) is 11.9 Å². The molecule has 1 amide bonds. The predicted molar refractivity (Wildman–Crippen MR) is 115 cm³/mol. The van der Waals surface area contributed by atoms with Crippen LogP contribution in [-0.2, 0) is 11.2 Å². The number of rotatable bonds is 7. The second kappa shape index (κ2) is 9.55. The zero-order valence-electron chi connectivity index (χ0n) is 17.7. The van der Waals surface area contributed by atoms with Crippen LogP contribution in [0.15, 0.2) is 48.7 Å². The van der Waals surface area contributed by atoms with Gasteiger partial charge < -0.3 is 4.90 Å². The van der Waals surface area contributed by atoms with Crippen LogP contribution in [0.3, 0.4) is 0 Å². The van der Waals surface area contributed by atoms with Gasteiger partial charge in [0.15, 0.2) is 5.78 Å². The van der Waals surface area contributed by atoms with Crippen LogP contribution in [-0.4, -0.2) is 28.7 Å². The lowest BCUT2D eigenvalue weighted by Crippen LogP contribution is -2.25. The number of ketones is 1. The van der Waals surface area contributed by atoms with Crippen molar-refractivity contribution in [3.05, 3.63) is 77.2 Å². The monoisotopic (exact) mass is 423 g/mol. The number of Topliss-reactive ketones (excluding diaryl/α,β-unsaturated/α-hetero) is 1. The van der Waals surface area contributed by atoms with E-state index >= 15 is 0 Å². The van der Waals surface area contributed by atoms with Crippen LogP contribution < -0.4 is 4.90 Å². The summed E-state index contributed by atoms with van der Waals surface area (Å²) in [5, 5.41) is 0. The fourth-order valence-electron chi connectivity index (χ4n) is 3.26. The van der Waals surface area contributed by atoms with Crippen molar-refractivity contribution in [2.45, 2.75) is 33.1 Å². The van der Waals surface area contributed by atoms with Crippen LogP contribution in [0.25, 0.3) is 11.3 Å². The van der Waals surface area contributed by atoms with Gasteiger partial charge in [-0.1, -0.05) is 19.1 Å². The molecule has 0 radical (unpaired) electrons. The first-order valence-corrected chi connectivity index (χ1v) is 9.98. The van der Waals surface area contributed by atoms with Gasteiger partial charge in [0.05, 0.1) is 11.4 Å². The summed E-state index contributed by atoms with van der Waals surface area (Å²) in [6.07, 6.45) is 2.45. The maximum absolute atomic E-state index is 14.5. The normalized spacial score (nSPS) is 10.7. The van der Waals surface area contributed by atoms with E-state index in [9.17, 15) is 18.4 Å². The molecule has 0 unspecified atom stereocenters. The molecule has 3 aromatic rings. The molecular formula is C24H23F2N3O2. The number of benzene rings is 1. The van der Waals surface area contributed by atoms with Crippen molar-refractivity contribution < 1.29 is 18.4 Å². The summed E-state index contributed by atoms with van der Waals surface area (Å²) in [5.74, 6) is -1.34. The highest BCUT2D eigenvalue weighted by molar-refractivity contribution is 5.96. The lowest BCUT2D eigenvalue weighted by molar-refractivity contribution is -0.118. The molecule has 0 saturated carbocycles. The SMILES string of the molecule is CCC(=O)N(C)c1ccc(-c2ccc(C(=O)CCc3ccc(F)nc3C)cn2)cc1F. The molecule has 2 heterocycles. The van der Waals surface area contributed by atoms with E-state index in [0.29, 0.717) is 28.9 Å². The first-order valence-electron chi connectivity index (χ1n) is 9.98. The third-order valence-electron chi connectivity index (χ3n) is 5.15. The lowest BCUT2D eigenvalue weighted by atomic mass is 10.0. The number of carbonyl (C=O) groups is 2. The third kappa shape index (κ3) is 5.17. The summed E-state index contributed by atoms with van der Waals surface area (Å²) >= 11 is 0. The van der Waals surface area contributed by atoms with Crippen LogP contribution in [0, 0.1) is 18.7 Å². The Balaban J connectivity index is 1.70. The van der Waals surface area contributed by atoms with Gasteiger partial charge in [-0.25, -0.2) is 9.37 Å². The predicted octanol–water partition coefficient (Wildman–Crippen LogP) is 4.92. The zero-order valence-corrected chi connectivity index (χ0v) is 17.7. The van der Waals surface area contributed by atoms with Gasteiger partial charge in [-0.05, 0) is 49.2 Å². The van der Waals surface area contributed by atoms with Crippen LogP contribution in [0.2, 0.25) is 0 Å². The molecule has 31 heavy (non-hydrogen) atoms. The molecule has 0 aliphatic carbocycles. The highest BCUT2D eigenvalue weighted by Crippen LogP contribution is 2.25. The van der Waals surface area contributed by atoms with E-state index in [1.54, 1.807) is 38.1 Å². The number of amides is 1. The Kier molecular flexibility index (Phi) is 6.84. The molecule has 5 nitrogen and oxygen atoms in total. The van der Waals surface area contributed by atoms with Crippen LogP contribution >= 0.6 is 0 Å². The molecule has 0 aliphatic heterocycles. The Bertz CT molecular complexity index is 1110. The first-order chi connectivity index (χ1) is 14.8. The van der Waals surface area contributed by atoms with Crippen molar-refractivity contribution in [1.29, 1.82) is 0 Å². The minimum absolute atomic E-state index is 0.0935. The second-order valence-corrected chi connectivity index (χ2v) is 7.21. The van der Waals surface area contributed by atoms with E-state index in [1.165, 1.54) is 36.3 Å². The Morgan fingerprint density at radius 1 is 1.06 bits per heavy atom. The largest absolute Gasteiger partial charge is 0.313 e. The van der Waals surface area contributed by atoms with E-state index in [0.717, 1.165) is 5.56 Å². The molecule has 160 valence electrons. The van der Waals surface area contributed by atoms with Gasteiger partial charge in [-0.2, -0.15) is 4.39 Å². The van der Waals surface area contributed by atoms with Crippen molar-refractivity contribution >= 4 is 17.4 Å². The number of carbonyl (C=O) groups excluding carboxylic acids is 2. The molecule has 0 bridgehead atoms. The van der Waals surface area contributed by atoms with Crippen molar-refractivity contribution in [3.63, 3.8) is 0 Å². The summed E-state index contributed by atoms with van der Waals surface area (Å²) in [6, 6.07) is 10.8. The summed E-state index contributed by atoms with van der Waals surface area (Å²) < 4.78 is 27.6. The van der Waals surface area contributed by atoms with E-state index in [2.05, 4.69) is 9.97 Å². The molecule has 0 spiro atoms.